The second kappa shape index (κ2) is 9.47. The van der Waals surface area contributed by atoms with Crippen LogP contribution in [0.3, 0.4) is 0 Å². The molecule has 2 aromatic carbocycles. The maximum atomic E-state index is 13.2. The summed E-state index contributed by atoms with van der Waals surface area (Å²) in [6, 6.07) is 10.4. The van der Waals surface area contributed by atoms with E-state index in [0.29, 0.717) is 31.5 Å². The van der Waals surface area contributed by atoms with Crippen molar-refractivity contribution in [2.45, 2.75) is 19.8 Å². The molecule has 2 N–H and O–H groups in total. The topological polar surface area (TPSA) is 78.5 Å². The van der Waals surface area contributed by atoms with Crippen molar-refractivity contribution >= 4 is 23.4 Å². The van der Waals surface area contributed by atoms with Gasteiger partial charge in [-0.15, -0.1) is 0 Å². The van der Waals surface area contributed by atoms with Crippen LogP contribution in [0.1, 0.15) is 28.8 Å². The SMILES string of the molecule is Cc1ccccc1C(=O)N1CCC(C(=O)NCC(=O)Nc2ccc(F)c(F)c2)CC1. The Morgan fingerprint density at radius 2 is 1.73 bits per heavy atom. The number of likely N-dealkylation sites (tertiary alicyclic amines) is 1. The number of nitrogens with zero attached hydrogens (tertiary/aromatic N) is 1. The number of benzene rings is 2. The van der Waals surface area contributed by atoms with Crippen LogP contribution in [0.5, 0.6) is 0 Å². The van der Waals surface area contributed by atoms with Crippen molar-refractivity contribution in [1.29, 1.82) is 0 Å². The van der Waals surface area contributed by atoms with E-state index in [2.05, 4.69) is 10.6 Å². The molecule has 0 bridgehead atoms. The van der Waals surface area contributed by atoms with Crippen LogP contribution in [0.25, 0.3) is 0 Å². The van der Waals surface area contributed by atoms with Crippen LogP contribution >= 0.6 is 0 Å². The number of carbonyl (C=O) groups is 3. The van der Waals surface area contributed by atoms with Crippen molar-refractivity contribution in [3.63, 3.8) is 0 Å². The summed E-state index contributed by atoms with van der Waals surface area (Å²) in [5.74, 6) is -3.21. The number of anilines is 1. The predicted octanol–water partition coefficient (Wildman–Crippen LogP) is 2.88. The molecule has 1 saturated heterocycles. The Hall–Kier alpha value is -3.29. The number of aryl methyl sites for hydroxylation is 1. The van der Waals surface area contributed by atoms with E-state index >= 15 is 0 Å². The number of nitrogens with one attached hydrogen (secondary N) is 2. The summed E-state index contributed by atoms with van der Waals surface area (Å²) in [6.07, 6.45) is 1.02. The molecule has 0 unspecified atom stereocenters. The summed E-state index contributed by atoms with van der Waals surface area (Å²) in [6.45, 7) is 2.54. The van der Waals surface area contributed by atoms with Crippen LogP contribution in [0, 0.1) is 24.5 Å². The summed E-state index contributed by atoms with van der Waals surface area (Å²) >= 11 is 0. The van der Waals surface area contributed by atoms with Crippen LogP contribution < -0.4 is 10.6 Å². The molecule has 1 fully saturated rings. The average molecular weight is 415 g/mol. The van der Waals surface area contributed by atoms with Gasteiger partial charge in [-0.05, 0) is 43.5 Å². The second-order valence-electron chi connectivity index (χ2n) is 7.28. The Bertz CT molecular complexity index is 956. The minimum Gasteiger partial charge on any atom is -0.347 e. The van der Waals surface area contributed by atoms with Crippen LogP contribution in [-0.2, 0) is 9.59 Å². The number of carbonyl (C=O) groups excluding carboxylic acids is 3. The van der Waals surface area contributed by atoms with Crippen LogP contribution in [-0.4, -0.2) is 42.3 Å². The lowest BCUT2D eigenvalue weighted by Gasteiger charge is -2.31. The smallest absolute Gasteiger partial charge is 0.254 e. The third-order valence-corrected chi connectivity index (χ3v) is 5.15. The Balaban J connectivity index is 1.45. The molecule has 0 aromatic heterocycles. The van der Waals surface area contributed by atoms with E-state index in [9.17, 15) is 23.2 Å². The number of halogens is 2. The normalized spacial score (nSPS) is 14.3. The molecule has 3 amide bonds. The summed E-state index contributed by atoms with van der Waals surface area (Å²) in [5.41, 5.74) is 1.68. The fraction of sp³-hybridized carbons (Fsp3) is 0.318. The summed E-state index contributed by atoms with van der Waals surface area (Å²) < 4.78 is 26.1. The van der Waals surface area contributed by atoms with E-state index in [-0.39, 0.29) is 30.0 Å². The molecule has 0 saturated carbocycles. The number of amides is 3. The van der Waals surface area contributed by atoms with E-state index in [1.807, 2.05) is 25.1 Å². The number of hydrogen-bond acceptors (Lipinski definition) is 3. The molecule has 3 rings (SSSR count). The minimum absolute atomic E-state index is 0.0436. The van der Waals surface area contributed by atoms with Gasteiger partial charge in [0, 0.05) is 36.3 Å². The quantitative estimate of drug-likeness (QED) is 0.788. The summed E-state index contributed by atoms with van der Waals surface area (Å²) in [4.78, 5) is 38.7. The molecule has 1 aliphatic heterocycles. The molecule has 1 aliphatic rings. The van der Waals surface area contributed by atoms with Gasteiger partial charge in [0.25, 0.3) is 5.91 Å². The minimum atomic E-state index is -1.07. The van der Waals surface area contributed by atoms with Crippen molar-refractivity contribution < 1.29 is 23.2 Å². The summed E-state index contributed by atoms with van der Waals surface area (Å²) in [7, 11) is 0. The lowest BCUT2D eigenvalue weighted by molar-refractivity contribution is -0.128. The highest BCUT2D eigenvalue weighted by Gasteiger charge is 2.28. The molecule has 8 heteroatoms. The maximum Gasteiger partial charge on any atom is 0.254 e. The van der Waals surface area contributed by atoms with Gasteiger partial charge in [-0.1, -0.05) is 18.2 Å². The first-order chi connectivity index (χ1) is 14.3. The van der Waals surface area contributed by atoms with Gasteiger partial charge in [-0.25, -0.2) is 8.78 Å². The van der Waals surface area contributed by atoms with Crippen LogP contribution in [0.4, 0.5) is 14.5 Å². The zero-order valence-electron chi connectivity index (χ0n) is 16.6. The largest absolute Gasteiger partial charge is 0.347 e. The molecule has 30 heavy (non-hydrogen) atoms. The molecule has 0 spiro atoms. The third-order valence-electron chi connectivity index (χ3n) is 5.15. The zero-order chi connectivity index (χ0) is 21.7. The van der Waals surface area contributed by atoms with Gasteiger partial charge < -0.3 is 15.5 Å². The first kappa shape index (κ1) is 21.4. The Labute approximate surface area is 173 Å². The highest BCUT2D eigenvalue weighted by molar-refractivity contribution is 5.96. The van der Waals surface area contributed by atoms with Crippen molar-refractivity contribution in [2.75, 3.05) is 25.0 Å². The molecule has 2 aromatic rings. The molecular weight excluding hydrogens is 392 g/mol. The van der Waals surface area contributed by atoms with E-state index in [1.165, 1.54) is 6.07 Å². The molecule has 0 radical (unpaired) electrons. The molecule has 158 valence electrons. The van der Waals surface area contributed by atoms with Gasteiger partial charge in [0.1, 0.15) is 0 Å². The highest BCUT2D eigenvalue weighted by atomic mass is 19.2. The molecule has 6 nitrogen and oxygen atoms in total. The standard InChI is InChI=1S/C22H23F2N3O3/c1-14-4-2-3-5-17(14)22(30)27-10-8-15(9-11-27)21(29)25-13-20(28)26-16-6-7-18(23)19(24)12-16/h2-7,12,15H,8-11,13H2,1H3,(H,25,29)(H,26,28). The van der Waals surface area contributed by atoms with Gasteiger partial charge >= 0.3 is 0 Å². The Morgan fingerprint density at radius 3 is 2.40 bits per heavy atom. The Morgan fingerprint density at radius 1 is 1.03 bits per heavy atom. The average Bonchev–Trinajstić information content (AvgIpc) is 2.74. The molecule has 0 aliphatic carbocycles. The predicted molar refractivity (Wildman–Crippen MR) is 108 cm³/mol. The van der Waals surface area contributed by atoms with Gasteiger partial charge in [0.2, 0.25) is 11.8 Å². The van der Waals surface area contributed by atoms with E-state index in [0.717, 1.165) is 17.7 Å². The first-order valence-electron chi connectivity index (χ1n) is 9.72. The number of rotatable bonds is 5. The highest BCUT2D eigenvalue weighted by Crippen LogP contribution is 2.20. The van der Waals surface area contributed by atoms with Crippen molar-refractivity contribution in [2.24, 2.45) is 5.92 Å². The lowest BCUT2D eigenvalue weighted by atomic mass is 9.95. The van der Waals surface area contributed by atoms with Gasteiger partial charge in [0.15, 0.2) is 11.6 Å². The molecule has 1 heterocycles. The van der Waals surface area contributed by atoms with Gasteiger partial charge in [-0.2, -0.15) is 0 Å². The monoisotopic (exact) mass is 415 g/mol. The van der Waals surface area contributed by atoms with E-state index < -0.39 is 17.5 Å². The van der Waals surface area contributed by atoms with Gasteiger partial charge in [-0.3, -0.25) is 14.4 Å². The fourth-order valence-electron chi connectivity index (χ4n) is 3.42. The van der Waals surface area contributed by atoms with Crippen molar-refractivity contribution in [3.8, 4) is 0 Å². The third kappa shape index (κ3) is 5.20. The number of hydrogen-bond donors (Lipinski definition) is 2. The Kier molecular flexibility index (Phi) is 6.76. The van der Waals surface area contributed by atoms with Crippen molar-refractivity contribution in [1.82, 2.24) is 10.2 Å². The van der Waals surface area contributed by atoms with E-state index in [1.54, 1.807) is 11.0 Å². The second-order valence-corrected chi connectivity index (χ2v) is 7.28. The van der Waals surface area contributed by atoms with E-state index in [4.69, 9.17) is 0 Å². The number of piperidine rings is 1. The van der Waals surface area contributed by atoms with Crippen molar-refractivity contribution in [3.05, 3.63) is 65.2 Å². The van der Waals surface area contributed by atoms with Gasteiger partial charge in [0.05, 0.1) is 6.54 Å². The van der Waals surface area contributed by atoms with Crippen LogP contribution in [0.2, 0.25) is 0 Å². The lowest BCUT2D eigenvalue weighted by Crippen LogP contribution is -2.44. The zero-order valence-corrected chi connectivity index (χ0v) is 16.6. The summed E-state index contributed by atoms with van der Waals surface area (Å²) in [5, 5.41) is 4.96. The maximum absolute atomic E-state index is 13.2. The first-order valence-corrected chi connectivity index (χ1v) is 9.72. The molecule has 0 atom stereocenters. The molecular formula is C22H23F2N3O3. The fourth-order valence-corrected chi connectivity index (χ4v) is 3.42. The van der Waals surface area contributed by atoms with Crippen LogP contribution in [0.15, 0.2) is 42.5 Å².